The van der Waals surface area contributed by atoms with Crippen LogP contribution >= 0.6 is 11.3 Å². The Kier molecular flexibility index (Phi) is 5.28. The summed E-state index contributed by atoms with van der Waals surface area (Å²) in [6.45, 7) is 8.13. The summed E-state index contributed by atoms with van der Waals surface area (Å²) in [4.78, 5) is 15.1. The second kappa shape index (κ2) is 7.80. The fourth-order valence-electron chi connectivity index (χ4n) is 3.12. The maximum Gasteiger partial charge on any atom is 0.229 e. The third-order valence-electron chi connectivity index (χ3n) is 4.95. The Morgan fingerprint density at radius 2 is 2.12 bits per heavy atom. The van der Waals surface area contributed by atoms with Crippen LogP contribution in [-0.4, -0.2) is 52.9 Å². The lowest BCUT2D eigenvalue weighted by Crippen LogP contribution is -2.36. The molecule has 0 radical (unpaired) electrons. The molecule has 0 atom stereocenters. The molecule has 2 aliphatic rings. The van der Waals surface area contributed by atoms with Gasteiger partial charge < -0.3 is 14.2 Å². The summed E-state index contributed by atoms with van der Waals surface area (Å²) in [5, 5.41) is 5.26. The molecule has 1 saturated heterocycles. The van der Waals surface area contributed by atoms with Crippen molar-refractivity contribution >= 4 is 16.5 Å². The third-order valence-corrected chi connectivity index (χ3v) is 6.00. The molecule has 0 spiro atoms. The number of hydrogen-bond acceptors (Lipinski definition) is 8. The van der Waals surface area contributed by atoms with E-state index in [-0.39, 0.29) is 0 Å². The molecule has 0 amide bonds. The van der Waals surface area contributed by atoms with Crippen molar-refractivity contribution in [3.63, 3.8) is 0 Å². The van der Waals surface area contributed by atoms with Crippen LogP contribution in [0.4, 0.5) is 5.13 Å². The summed E-state index contributed by atoms with van der Waals surface area (Å²) in [5.74, 6) is 2.11. The molecular formula is C17H25N5O2S. The molecule has 1 saturated carbocycles. The lowest BCUT2D eigenvalue weighted by atomic mass is 9.85. The molecule has 3 heterocycles. The normalized spacial score (nSPS) is 18.7. The first kappa shape index (κ1) is 16.9. The van der Waals surface area contributed by atoms with Gasteiger partial charge in [-0.05, 0) is 19.4 Å². The molecule has 136 valence electrons. The minimum atomic E-state index is 0.494. The van der Waals surface area contributed by atoms with Crippen molar-refractivity contribution in [2.75, 3.05) is 37.7 Å². The van der Waals surface area contributed by atoms with Gasteiger partial charge in [-0.2, -0.15) is 4.98 Å². The summed E-state index contributed by atoms with van der Waals surface area (Å²) >= 11 is 1.77. The highest BCUT2D eigenvalue weighted by Gasteiger charge is 2.25. The van der Waals surface area contributed by atoms with Crippen molar-refractivity contribution in [3.8, 4) is 0 Å². The molecule has 8 heteroatoms. The van der Waals surface area contributed by atoms with Gasteiger partial charge in [0.05, 0.1) is 19.8 Å². The fraction of sp³-hybridized carbons (Fsp3) is 0.706. The van der Waals surface area contributed by atoms with E-state index < -0.39 is 0 Å². The average molecular weight is 363 g/mol. The van der Waals surface area contributed by atoms with Crippen LogP contribution in [0.3, 0.4) is 0 Å². The van der Waals surface area contributed by atoms with Crippen LogP contribution in [0.1, 0.15) is 48.7 Å². The Labute approximate surface area is 152 Å². The van der Waals surface area contributed by atoms with Gasteiger partial charge in [0.25, 0.3) is 0 Å². The van der Waals surface area contributed by atoms with Crippen LogP contribution in [0.2, 0.25) is 0 Å². The van der Waals surface area contributed by atoms with Crippen LogP contribution < -0.4 is 4.90 Å². The second-order valence-electron chi connectivity index (χ2n) is 6.69. The number of aromatic nitrogens is 3. The van der Waals surface area contributed by atoms with E-state index in [0.29, 0.717) is 5.92 Å². The monoisotopic (exact) mass is 363 g/mol. The SMILES string of the molecule is CCN(Cc1noc(C2CCC2)n1)Cc1cnc(N2CCOCC2)s1. The van der Waals surface area contributed by atoms with Gasteiger partial charge in [0, 0.05) is 36.6 Å². The minimum absolute atomic E-state index is 0.494. The van der Waals surface area contributed by atoms with Crippen LogP contribution in [0.15, 0.2) is 10.7 Å². The number of anilines is 1. The standard InChI is InChI=1S/C17H25N5O2S/c1-2-21(12-15-19-16(24-20-15)13-4-3-5-13)11-14-10-18-17(25-14)22-6-8-23-9-7-22/h10,13H,2-9,11-12H2,1H3. The first-order valence-electron chi connectivity index (χ1n) is 9.14. The van der Waals surface area contributed by atoms with Crippen LogP contribution in [-0.2, 0) is 17.8 Å². The molecule has 7 nitrogen and oxygen atoms in total. The summed E-state index contributed by atoms with van der Waals surface area (Å²) in [5.41, 5.74) is 0. The van der Waals surface area contributed by atoms with Gasteiger partial charge in [-0.25, -0.2) is 4.98 Å². The molecule has 2 fully saturated rings. The Morgan fingerprint density at radius 1 is 1.28 bits per heavy atom. The van der Waals surface area contributed by atoms with Crippen molar-refractivity contribution in [2.45, 2.75) is 45.2 Å². The lowest BCUT2D eigenvalue weighted by molar-refractivity contribution is 0.122. The van der Waals surface area contributed by atoms with Crippen molar-refractivity contribution < 1.29 is 9.26 Å². The first-order chi connectivity index (χ1) is 12.3. The Bertz CT molecular complexity index is 678. The lowest BCUT2D eigenvalue weighted by Gasteiger charge is -2.26. The molecule has 0 bridgehead atoms. The minimum Gasteiger partial charge on any atom is -0.378 e. The molecular weight excluding hydrogens is 338 g/mol. The number of rotatable bonds is 7. The second-order valence-corrected chi connectivity index (χ2v) is 7.78. The average Bonchev–Trinajstić information content (AvgIpc) is 3.23. The predicted molar refractivity (Wildman–Crippen MR) is 95.8 cm³/mol. The molecule has 2 aromatic heterocycles. The number of morpholine rings is 1. The van der Waals surface area contributed by atoms with E-state index in [2.05, 4.69) is 31.8 Å². The first-order valence-corrected chi connectivity index (χ1v) is 9.95. The molecule has 1 aliphatic carbocycles. The molecule has 2 aromatic rings. The highest BCUT2D eigenvalue weighted by molar-refractivity contribution is 7.15. The third kappa shape index (κ3) is 4.02. The van der Waals surface area contributed by atoms with Gasteiger partial charge in [0.2, 0.25) is 5.89 Å². The summed E-state index contributed by atoms with van der Waals surface area (Å²) in [6, 6.07) is 0. The zero-order chi connectivity index (χ0) is 17.1. The Balaban J connectivity index is 1.35. The van der Waals surface area contributed by atoms with E-state index in [9.17, 15) is 0 Å². The number of nitrogens with zero attached hydrogens (tertiary/aromatic N) is 5. The smallest absolute Gasteiger partial charge is 0.229 e. The zero-order valence-corrected chi connectivity index (χ0v) is 15.5. The highest BCUT2D eigenvalue weighted by atomic mass is 32.1. The van der Waals surface area contributed by atoms with Gasteiger partial charge in [0.15, 0.2) is 11.0 Å². The predicted octanol–water partition coefficient (Wildman–Crippen LogP) is 2.65. The molecule has 4 rings (SSSR count). The topological polar surface area (TPSA) is 67.5 Å². The Hall–Kier alpha value is -1.51. The quantitative estimate of drug-likeness (QED) is 0.749. The fourth-order valence-corrected chi connectivity index (χ4v) is 4.13. The molecule has 1 aliphatic heterocycles. The van der Waals surface area contributed by atoms with E-state index in [1.165, 1.54) is 24.1 Å². The maximum atomic E-state index is 5.43. The number of thiazole rings is 1. The molecule has 0 aromatic carbocycles. The van der Waals surface area contributed by atoms with E-state index in [0.717, 1.165) is 62.8 Å². The van der Waals surface area contributed by atoms with Gasteiger partial charge in [-0.3, -0.25) is 4.90 Å². The molecule has 0 unspecified atom stereocenters. The van der Waals surface area contributed by atoms with Gasteiger partial charge in [-0.1, -0.05) is 18.5 Å². The van der Waals surface area contributed by atoms with Crippen LogP contribution in [0, 0.1) is 0 Å². The van der Waals surface area contributed by atoms with Crippen LogP contribution in [0.25, 0.3) is 0 Å². The molecule has 0 N–H and O–H groups in total. The van der Waals surface area contributed by atoms with Crippen molar-refractivity contribution in [2.24, 2.45) is 0 Å². The van der Waals surface area contributed by atoms with Gasteiger partial charge >= 0.3 is 0 Å². The largest absolute Gasteiger partial charge is 0.378 e. The van der Waals surface area contributed by atoms with E-state index >= 15 is 0 Å². The number of ether oxygens (including phenoxy) is 1. The molecule has 25 heavy (non-hydrogen) atoms. The number of hydrogen-bond donors (Lipinski definition) is 0. The highest BCUT2D eigenvalue weighted by Crippen LogP contribution is 2.35. The summed E-state index contributed by atoms with van der Waals surface area (Å²) < 4.78 is 10.8. The summed E-state index contributed by atoms with van der Waals surface area (Å²) in [7, 11) is 0. The summed E-state index contributed by atoms with van der Waals surface area (Å²) in [6.07, 6.45) is 5.64. The Morgan fingerprint density at radius 3 is 2.84 bits per heavy atom. The van der Waals surface area contributed by atoms with Gasteiger partial charge in [0.1, 0.15) is 0 Å². The van der Waals surface area contributed by atoms with Gasteiger partial charge in [-0.15, -0.1) is 11.3 Å². The van der Waals surface area contributed by atoms with Crippen LogP contribution in [0.5, 0.6) is 0 Å². The maximum absolute atomic E-state index is 5.43. The van der Waals surface area contributed by atoms with Crippen molar-refractivity contribution in [3.05, 3.63) is 22.8 Å². The zero-order valence-electron chi connectivity index (χ0n) is 14.7. The van der Waals surface area contributed by atoms with Crippen molar-refractivity contribution in [1.82, 2.24) is 20.0 Å². The van der Waals surface area contributed by atoms with E-state index in [4.69, 9.17) is 9.26 Å². The van der Waals surface area contributed by atoms with E-state index in [1.807, 2.05) is 6.20 Å². The van der Waals surface area contributed by atoms with Crippen molar-refractivity contribution in [1.29, 1.82) is 0 Å². The van der Waals surface area contributed by atoms with E-state index in [1.54, 1.807) is 11.3 Å².